The second kappa shape index (κ2) is 7.45. The highest BCUT2D eigenvalue weighted by atomic mass is 35.5. The first-order valence-corrected chi connectivity index (χ1v) is 10.2. The Kier molecular flexibility index (Phi) is 5.00. The Hall–Kier alpha value is -2.57. The van der Waals surface area contributed by atoms with Gasteiger partial charge in [0.1, 0.15) is 5.58 Å². The van der Waals surface area contributed by atoms with Crippen molar-refractivity contribution in [2.24, 2.45) is 0 Å². The average molecular weight is 413 g/mol. The van der Waals surface area contributed by atoms with Crippen molar-refractivity contribution < 1.29 is 9.21 Å². The third-order valence-corrected chi connectivity index (χ3v) is 5.57. The monoisotopic (exact) mass is 412 g/mol. The fraction of sp³-hybridized carbons (Fsp3) is 0.190. The van der Waals surface area contributed by atoms with Crippen LogP contribution in [0.3, 0.4) is 0 Å². The molecule has 7 heteroatoms. The molecule has 0 saturated heterocycles. The van der Waals surface area contributed by atoms with Gasteiger partial charge in [-0.2, -0.15) is 0 Å². The smallest absolute Gasteiger partial charge is 0.262 e. The lowest BCUT2D eigenvalue weighted by Crippen LogP contribution is -2.25. The van der Waals surface area contributed by atoms with Crippen LogP contribution in [-0.2, 0) is 0 Å². The summed E-state index contributed by atoms with van der Waals surface area (Å²) in [5, 5.41) is 2.38. The molecule has 2 heterocycles. The summed E-state index contributed by atoms with van der Waals surface area (Å²) in [6, 6.07) is 14.1. The Bertz CT molecular complexity index is 1230. The van der Waals surface area contributed by atoms with E-state index >= 15 is 0 Å². The number of ketones is 1. The first-order chi connectivity index (χ1) is 13.4. The van der Waals surface area contributed by atoms with Gasteiger partial charge in [0.2, 0.25) is 5.78 Å². The molecule has 142 valence electrons. The normalized spacial score (nSPS) is 11.6. The second-order valence-electron chi connectivity index (χ2n) is 6.69. The van der Waals surface area contributed by atoms with Crippen LogP contribution in [0.15, 0.2) is 62.9 Å². The molecule has 0 fully saturated rings. The molecule has 4 rings (SSSR count). The van der Waals surface area contributed by atoms with Gasteiger partial charge in [-0.05, 0) is 44.2 Å². The van der Waals surface area contributed by atoms with Crippen molar-refractivity contribution in [3.05, 3.63) is 69.7 Å². The highest BCUT2D eigenvalue weighted by Crippen LogP contribution is 2.25. The van der Waals surface area contributed by atoms with E-state index in [-0.39, 0.29) is 23.1 Å². The van der Waals surface area contributed by atoms with Gasteiger partial charge in [-0.15, -0.1) is 0 Å². The van der Waals surface area contributed by atoms with Crippen molar-refractivity contribution in [3.63, 3.8) is 0 Å². The zero-order chi connectivity index (χ0) is 19.8. The molecule has 0 amide bonds. The summed E-state index contributed by atoms with van der Waals surface area (Å²) >= 11 is 7.27. The number of fused-ring (bicyclic) bond motifs is 2. The van der Waals surface area contributed by atoms with E-state index in [2.05, 4.69) is 4.98 Å². The Morgan fingerprint density at radius 1 is 1.21 bits per heavy atom. The Balaban J connectivity index is 1.67. The lowest BCUT2D eigenvalue weighted by Gasteiger charge is -2.15. The largest absolute Gasteiger partial charge is 0.453 e. The summed E-state index contributed by atoms with van der Waals surface area (Å²) in [6.45, 7) is 3.83. The van der Waals surface area contributed by atoms with Gasteiger partial charge in [0.25, 0.3) is 5.56 Å². The zero-order valence-corrected chi connectivity index (χ0v) is 16.9. The fourth-order valence-electron chi connectivity index (χ4n) is 3.03. The van der Waals surface area contributed by atoms with Crippen LogP contribution in [0, 0.1) is 0 Å². The van der Waals surface area contributed by atoms with Crippen molar-refractivity contribution in [3.8, 4) is 0 Å². The van der Waals surface area contributed by atoms with E-state index < -0.39 is 0 Å². The molecule has 0 N–H and O–H groups in total. The van der Waals surface area contributed by atoms with Gasteiger partial charge < -0.3 is 4.42 Å². The number of carbonyl (C=O) groups excluding carboxylic acids is 1. The van der Waals surface area contributed by atoms with E-state index in [1.165, 1.54) is 11.8 Å². The Morgan fingerprint density at radius 3 is 2.75 bits per heavy atom. The Morgan fingerprint density at radius 2 is 2.00 bits per heavy atom. The molecule has 2 aromatic carbocycles. The first kappa shape index (κ1) is 18.8. The van der Waals surface area contributed by atoms with Gasteiger partial charge in [-0.3, -0.25) is 14.2 Å². The average Bonchev–Trinajstić information content (AvgIpc) is 3.09. The van der Waals surface area contributed by atoms with Crippen molar-refractivity contribution >= 4 is 51.0 Å². The molecular weight excluding hydrogens is 396 g/mol. The van der Waals surface area contributed by atoms with Crippen LogP contribution < -0.4 is 5.56 Å². The minimum atomic E-state index is -0.156. The summed E-state index contributed by atoms with van der Waals surface area (Å²) in [5.41, 5.74) is 1.05. The van der Waals surface area contributed by atoms with Crippen LogP contribution in [0.5, 0.6) is 0 Å². The van der Waals surface area contributed by atoms with Gasteiger partial charge in [0.15, 0.2) is 10.9 Å². The molecular formula is C21H17ClN2O3S. The van der Waals surface area contributed by atoms with Crippen molar-refractivity contribution in [2.75, 3.05) is 5.75 Å². The summed E-state index contributed by atoms with van der Waals surface area (Å²) in [7, 11) is 0. The summed E-state index contributed by atoms with van der Waals surface area (Å²) < 4.78 is 7.24. The highest BCUT2D eigenvalue weighted by Gasteiger charge is 2.18. The maximum atomic E-state index is 12.9. The molecule has 0 bridgehead atoms. The standard InChI is InChI=1S/C21H17ClN2O3S/c1-12(2)24-20(26)15-8-7-14(22)10-16(15)23-21(24)28-11-17(25)19-9-13-5-3-4-6-18(13)27-19/h3-10,12H,11H2,1-2H3. The van der Waals surface area contributed by atoms with Gasteiger partial charge in [-0.1, -0.05) is 41.6 Å². The van der Waals surface area contributed by atoms with Crippen molar-refractivity contribution in [1.82, 2.24) is 9.55 Å². The molecule has 28 heavy (non-hydrogen) atoms. The third kappa shape index (κ3) is 3.45. The number of hydrogen-bond acceptors (Lipinski definition) is 5. The van der Waals surface area contributed by atoms with Crippen molar-refractivity contribution in [2.45, 2.75) is 25.0 Å². The number of Topliss-reactive ketones (excluding diaryl/α,β-unsaturated/α-hetero) is 1. The number of thioether (sulfide) groups is 1. The van der Waals surface area contributed by atoms with E-state index in [1.54, 1.807) is 28.8 Å². The van der Waals surface area contributed by atoms with E-state index in [0.717, 1.165) is 5.39 Å². The number of benzene rings is 2. The first-order valence-electron chi connectivity index (χ1n) is 8.80. The van der Waals surface area contributed by atoms with Gasteiger partial charge in [-0.25, -0.2) is 4.98 Å². The molecule has 5 nitrogen and oxygen atoms in total. The SMILES string of the molecule is CC(C)n1c(SCC(=O)c2cc3ccccc3o2)nc2cc(Cl)ccc2c1=O. The highest BCUT2D eigenvalue weighted by molar-refractivity contribution is 7.99. The minimum Gasteiger partial charge on any atom is -0.453 e. The minimum absolute atomic E-state index is 0.0936. The van der Waals surface area contributed by atoms with E-state index in [1.807, 2.05) is 38.1 Å². The molecule has 0 aliphatic heterocycles. The topological polar surface area (TPSA) is 65.1 Å². The molecule has 0 atom stereocenters. The summed E-state index contributed by atoms with van der Waals surface area (Å²) in [5.74, 6) is 0.262. The zero-order valence-electron chi connectivity index (χ0n) is 15.3. The number of hydrogen-bond donors (Lipinski definition) is 0. The second-order valence-corrected chi connectivity index (χ2v) is 8.06. The van der Waals surface area contributed by atoms with E-state index in [9.17, 15) is 9.59 Å². The number of aromatic nitrogens is 2. The van der Waals surface area contributed by atoms with E-state index in [4.69, 9.17) is 16.0 Å². The quantitative estimate of drug-likeness (QED) is 0.251. The molecule has 2 aromatic heterocycles. The maximum Gasteiger partial charge on any atom is 0.262 e. The van der Waals surface area contributed by atoms with Crippen LogP contribution in [0.2, 0.25) is 5.02 Å². The van der Waals surface area contributed by atoms with Crippen molar-refractivity contribution in [1.29, 1.82) is 0 Å². The molecule has 0 aliphatic rings. The van der Waals surface area contributed by atoms with Crippen LogP contribution in [0.25, 0.3) is 21.9 Å². The number of carbonyl (C=O) groups is 1. The molecule has 4 aromatic rings. The van der Waals surface area contributed by atoms with Crippen LogP contribution in [0.4, 0.5) is 0 Å². The maximum absolute atomic E-state index is 12.9. The van der Waals surface area contributed by atoms with Gasteiger partial charge >= 0.3 is 0 Å². The molecule has 0 aliphatic carbocycles. The number of nitrogens with zero attached hydrogens (tertiary/aromatic N) is 2. The third-order valence-electron chi connectivity index (χ3n) is 4.38. The summed E-state index contributed by atoms with van der Waals surface area (Å²) in [6.07, 6.45) is 0. The number of rotatable bonds is 5. The van der Waals surface area contributed by atoms with Crippen LogP contribution in [-0.4, -0.2) is 21.1 Å². The van der Waals surface area contributed by atoms with Crippen LogP contribution >= 0.6 is 23.4 Å². The van der Waals surface area contributed by atoms with Gasteiger partial charge in [0.05, 0.1) is 16.7 Å². The number of furan rings is 1. The van der Waals surface area contributed by atoms with Gasteiger partial charge in [0, 0.05) is 16.5 Å². The van der Waals surface area contributed by atoms with Crippen LogP contribution in [0.1, 0.15) is 30.4 Å². The molecule has 0 radical (unpaired) electrons. The predicted octanol–water partition coefficient (Wildman–Crippen LogP) is 5.35. The lowest BCUT2D eigenvalue weighted by atomic mass is 10.2. The predicted molar refractivity (Wildman–Crippen MR) is 113 cm³/mol. The Labute approximate surface area is 170 Å². The summed E-state index contributed by atoms with van der Waals surface area (Å²) in [4.78, 5) is 30.1. The molecule has 0 saturated carbocycles. The lowest BCUT2D eigenvalue weighted by molar-refractivity contribution is 0.0994. The molecule has 0 spiro atoms. The number of halogens is 1. The fourth-order valence-corrected chi connectivity index (χ4v) is 4.19. The molecule has 0 unspecified atom stereocenters. The van der Waals surface area contributed by atoms with E-state index in [0.29, 0.717) is 32.4 Å². The number of para-hydroxylation sites is 1.